The normalized spacial score (nSPS) is 16.2. The van der Waals surface area contributed by atoms with Crippen LogP contribution in [-0.4, -0.2) is 21.1 Å². The molecule has 0 aliphatic carbocycles. The molecule has 30 heavy (non-hydrogen) atoms. The molecule has 5 rings (SSSR count). The van der Waals surface area contributed by atoms with Crippen molar-refractivity contribution in [1.82, 2.24) is 14.5 Å². The first-order chi connectivity index (χ1) is 14.8. The third-order valence-electron chi connectivity index (χ3n) is 5.31. The van der Waals surface area contributed by atoms with Crippen LogP contribution in [0.25, 0.3) is 5.95 Å². The molecule has 0 fully saturated rings. The maximum Gasteiger partial charge on any atom is 0.233 e. The zero-order valence-corrected chi connectivity index (χ0v) is 17.2. The van der Waals surface area contributed by atoms with E-state index in [-0.39, 0.29) is 11.1 Å². The van der Waals surface area contributed by atoms with Gasteiger partial charge in [0.1, 0.15) is 5.82 Å². The minimum Gasteiger partial charge on any atom is -0.365 e. The molecule has 0 radical (unpaired) electrons. The summed E-state index contributed by atoms with van der Waals surface area (Å²) in [5.41, 5.74) is 3.38. The Morgan fingerprint density at radius 3 is 2.70 bits per heavy atom. The van der Waals surface area contributed by atoms with Gasteiger partial charge in [0.05, 0.1) is 12.2 Å². The molecular weight excluding hydrogens is 395 g/mol. The molecular formula is C24H21FN4S. The fraction of sp³-hybridized carbons (Fsp3) is 0.167. The molecule has 1 aliphatic rings. The third-order valence-corrected chi connectivity index (χ3v) is 6.70. The van der Waals surface area contributed by atoms with Gasteiger partial charge in [0.25, 0.3) is 0 Å². The van der Waals surface area contributed by atoms with Gasteiger partial charge in [-0.2, -0.15) is 0 Å². The monoisotopic (exact) mass is 416 g/mol. The van der Waals surface area contributed by atoms with Crippen LogP contribution in [0.1, 0.15) is 22.9 Å². The largest absolute Gasteiger partial charge is 0.365 e. The number of anilines is 1. The second-order valence-electron chi connectivity index (χ2n) is 7.26. The smallest absolute Gasteiger partial charge is 0.233 e. The minimum atomic E-state index is -0.178. The Kier molecular flexibility index (Phi) is 5.24. The highest BCUT2D eigenvalue weighted by Crippen LogP contribution is 2.45. The van der Waals surface area contributed by atoms with E-state index in [2.05, 4.69) is 45.2 Å². The second kappa shape index (κ2) is 8.32. The van der Waals surface area contributed by atoms with Crippen molar-refractivity contribution in [2.24, 2.45) is 0 Å². The van der Waals surface area contributed by atoms with E-state index in [4.69, 9.17) is 0 Å². The van der Waals surface area contributed by atoms with Gasteiger partial charge >= 0.3 is 0 Å². The van der Waals surface area contributed by atoms with Crippen LogP contribution in [0.15, 0.2) is 90.2 Å². The van der Waals surface area contributed by atoms with Crippen molar-refractivity contribution in [3.63, 3.8) is 0 Å². The molecule has 0 spiro atoms. The maximum atomic E-state index is 13.8. The van der Waals surface area contributed by atoms with Gasteiger partial charge in [-0.3, -0.25) is 4.57 Å². The van der Waals surface area contributed by atoms with Gasteiger partial charge in [-0.25, -0.2) is 14.4 Å². The fourth-order valence-corrected chi connectivity index (χ4v) is 5.17. The van der Waals surface area contributed by atoms with Crippen molar-refractivity contribution in [3.8, 4) is 5.95 Å². The Hall–Kier alpha value is -3.12. The van der Waals surface area contributed by atoms with Crippen LogP contribution in [0.4, 0.5) is 10.1 Å². The predicted molar refractivity (Wildman–Crippen MR) is 118 cm³/mol. The molecule has 150 valence electrons. The Labute approximate surface area is 179 Å². The molecule has 6 heteroatoms. The van der Waals surface area contributed by atoms with Crippen LogP contribution in [0.3, 0.4) is 0 Å². The number of thioether (sulfide) groups is 1. The molecule has 4 aromatic rings. The Morgan fingerprint density at radius 1 is 0.967 bits per heavy atom. The molecule has 0 N–H and O–H groups in total. The summed E-state index contributed by atoms with van der Waals surface area (Å²) < 4.78 is 15.9. The van der Waals surface area contributed by atoms with Gasteiger partial charge in [0.2, 0.25) is 5.95 Å². The number of hydrogen-bond acceptors (Lipinski definition) is 4. The van der Waals surface area contributed by atoms with Crippen LogP contribution in [0.5, 0.6) is 0 Å². The number of halogens is 1. The van der Waals surface area contributed by atoms with Crippen molar-refractivity contribution in [2.75, 3.05) is 11.4 Å². The molecule has 1 aliphatic heterocycles. The Bertz CT molecular complexity index is 1140. The highest BCUT2D eigenvalue weighted by atomic mass is 32.2. The molecule has 4 nitrogen and oxygen atoms in total. The lowest BCUT2D eigenvalue weighted by Crippen LogP contribution is -2.25. The van der Waals surface area contributed by atoms with Crippen molar-refractivity contribution < 1.29 is 4.39 Å². The molecule has 2 aromatic heterocycles. The number of para-hydroxylation sites is 1. The number of benzene rings is 2. The van der Waals surface area contributed by atoms with E-state index >= 15 is 0 Å². The van der Waals surface area contributed by atoms with E-state index in [1.807, 2.05) is 40.7 Å². The number of fused-ring (bicyclic) bond motifs is 1. The Morgan fingerprint density at radius 2 is 1.83 bits per heavy atom. The maximum absolute atomic E-state index is 13.8. The van der Waals surface area contributed by atoms with E-state index in [1.165, 1.54) is 16.6 Å². The first-order valence-corrected chi connectivity index (χ1v) is 10.9. The number of hydrogen-bond donors (Lipinski definition) is 0. The highest BCUT2D eigenvalue weighted by molar-refractivity contribution is 7.99. The zero-order valence-electron chi connectivity index (χ0n) is 16.4. The minimum absolute atomic E-state index is 0.178. The van der Waals surface area contributed by atoms with Crippen molar-refractivity contribution in [1.29, 1.82) is 0 Å². The van der Waals surface area contributed by atoms with E-state index in [0.29, 0.717) is 5.95 Å². The highest BCUT2D eigenvalue weighted by Gasteiger charge is 2.24. The summed E-state index contributed by atoms with van der Waals surface area (Å²) in [6.45, 7) is 1.63. The van der Waals surface area contributed by atoms with Crippen LogP contribution in [0.2, 0.25) is 0 Å². The summed E-state index contributed by atoms with van der Waals surface area (Å²) >= 11 is 1.82. The zero-order chi connectivity index (χ0) is 20.3. The molecule has 0 saturated heterocycles. The first-order valence-electron chi connectivity index (χ1n) is 9.98. The molecule has 0 saturated carbocycles. The van der Waals surface area contributed by atoms with Crippen molar-refractivity contribution >= 4 is 17.4 Å². The molecule has 2 aromatic carbocycles. The molecule has 3 heterocycles. The summed E-state index contributed by atoms with van der Waals surface area (Å²) in [7, 11) is 0. The summed E-state index contributed by atoms with van der Waals surface area (Å²) in [5, 5.41) is 0.219. The van der Waals surface area contributed by atoms with Gasteiger partial charge in [-0.15, -0.1) is 11.8 Å². The lowest BCUT2D eigenvalue weighted by Gasteiger charge is -2.25. The van der Waals surface area contributed by atoms with Gasteiger partial charge < -0.3 is 4.90 Å². The fourth-order valence-electron chi connectivity index (χ4n) is 3.88. The summed E-state index contributed by atoms with van der Waals surface area (Å²) in [4.78, 5) is 12.4. The Balaban J connectivity index is 1.45. The lowest BCUT2D eigenvalue weighted by atomic mass is 10.1. The van der Waals surface area contributed by atoms with E-state index in [0.717, 1.165) is 30.8 Å². The quantitative estimate of drug-likeness (QED) is 0.430. The molecule has 0 unspecified atom stereocenters. The molecule has 1 atom stereocenters. The molecule has 0 bridgehead atoms. The second-order valence-corrected chi connectivity index (χ2v) is 8.50. The molecule has 0 amide bonds. The topological polar surface area (TPSA) is 34.0 Å². The van der Waals surface area contributed by atoms with Gasteiger partial charge in [-0.05, 0) is 54.4 Å². The van der Waals surface area contributed by atoms with Gasteiger partial charge in [0.15, 0.2) is 0 Å². The summed E-state index contributed by atoms with van der Waals surface area (Å²) in [5.74, 6) is 0.496. The summed E-state index contributed by atoms with van der Waals surface area (Å²) in [6, 6.07) is 21.4. The lowest BCUT2D eigenvalue weighted by molar-refractivity contribution is 0.623. The van der Waals surface area contributed by atoms with E-state index < -0.39 is 0 Å². The summed E-state index contributed by atoms with van der Waals surface area (Å²) in [6.07, 6.45) is 6.45. The average molecular weight is 417 g/mol. The average Bonchev–Trinajstić information content (AvgIpc) is 3.16. The number of nitrogens with zero attached hydrogens (tertiary/aromatic N) is 4. The van der Waals surface area contributed by atoms with Crippen LogP contribution in [-0.2, 0) is 6.54 Å². The van der Waals surface area contributed by atoms with Crippen LogP contribution < -0.4 is 4.90 Å². The van der Waals surface area contributed by atoms with E-state index in [1.54, 1.807) is 24.5 Å². The number of aromatic nitrogens is 3. The van der Waals surface area contributed by atoms with Gasteiger partial charge in [0, 0.05) is 41.0 Å². The van der Waals surface area contributed by atoms with E-state index in [9.17, 15) is 4.39 Å². The van der Waals surface area contributed by atoms with Crippen molar-refractivity contribution in [2.45, 2.75) is 23.1 Å². The standard InChI is InChI=1S/C24H21FN4S/c25-19-7-3-6-18(16-19)22-11-15-28(21-9-1-2-10-23(21)30-22)17-20-8-4-14-29(20)24-26-12-5-13-27-24/h1-10,12-14,16,22H,11,15,17H2/t22-/m0/s1. The SMILES string of the molecule is Fc1cccc([C@@H]2CCN(Cc3cccn3-c3ncccn3)c3ccccc3S2)c1. The van der Waals surface area contributed by atoms with Gasteiger partial charge in [-0.1, -0.05) is 24.3 Å². The van der Waals surface area contributed by atoms with Crippen LogP contribution in [0, 0.1) is 5.82 Å². The predicted octanol–water partition coefficient (Wildman–Crippen LogP) is 5.65. The third kappa shape index (κ3) is 3.83. The first kappa shape index (κ1) is 18.9. The van der Waals surface area contributed by atoms with Crippen LogP contribution >= 0.6 is 11.8 Å². The van der Waals surface area contributed by atoms with Crippen molar-refractivity contribution in [3.05, 3.63) is 102 Å². The number of rotatable bonds is 4.